The number of aliphatic hydroxyl groups excluding tert-OH is 2. The first kappa shape index (κ1) is 33.6. The number of hydrogen-bond acceptors (Lipinski definition) is 8. The predicted octanol–water partition coefficient (Wildman–Crippen LogP) is 5.41. The summed E-state index contributed by atoms with van der Waals surface area (Å²) >= 11 is 0. The Morgan fingerprint density at radius 1 is 1.08 bits per heavy atom. The van der Waals surface area contributed by atoms with Crippen LogP contribution in [0, 0.1) is 50.7 Å². The van der Waals surface area contributed by atoms with Crippen molar-refractivity contribution in [1.29, 1.82) is 0 Å². The van der Waals surface area contributed by atoms with E-state index in [-0.39, 0.29) is 57.0 Å². The first-order chi connectivity index (χ1) is 22.5. The minimum Gasteiger partial charge on any atom is -0.459 e. The second-order valence-corrected chi connectivity index (χ2v) is 18.8. The van der Waals surface area contributed by atoms with Crippen molar-refractivity contribution in [2.24, 2.45) is 50.7 Å². The maximum Gasteiger partial charge on any atom is 0.289 e. The lowest BCUT2D eigenvalue weighted by Crippen LogP contribution is -2.60. The van der Waals surface area contributed by atoms with Crippen molar-refractivity contribution in [1.82, 2.24) is 4.90 Å². The number of rotatable bonds is 5. The number of fused-ring (bicyclic) bond motifs is 4. The van der Waals surface area contributed by atoms with Gasteiger partial charge < -0.3 is 38.8 Å². The lowest BCUT2D eigenvalue weighted by atomic mass is 9.41. The molecule has 2 saturated heterocycles. The molecule has 8 unspecified atom stereocenters. The molecular weight excluding hydrogens is 610 g/mol. The number of carbonyl (C=O) groups excluding carboxylic acids is 1. The highest BCUT2D eigenvalue weighted by Gasteiger charge is 2.84. The van der Waals surface area contributed by atoms with E-state index < -0.39 is 30.2 Å². The van der Waals surface area contributed by atoms with Gasteiger partial charge in [-0.25, -0.2) is 0 Å². The second kappa shape index (κ2) is 10.8. The third kappa shape index (κ3) is 4.33. The number of nitrogens with zero attached hydrogens (tertiary/aromatic N) is 1. The van der Waals surface area contributed by atoms with E-state index in [1.165, 1.54) is 19.1 Å². The van der Waals surface area contributed by atoms with Crippen LogP contribution < -0.4 is 0 Å². The summed E-state index contributed by atoms with van der Waals surface area (Å²) in [6.07, 6.45) is 7.26. The molecule has 5 saturated carbocycles. The molecule has 7 fully saturated rings. The summed E-state index contributed by atoms with van der Waals surface area (Å²) in [6, 6.07) is 3.45. The number of hydrogen-bond donors (Lipinski definition) is 3. The average Bonchev–Trinajstić information content (AvgIpc) is 3.29. The molecule has 14 atom stereocenters. The molecule has 2 aliphatic heterocycles. The fourth-order valence-electron chi connectivity index (χ4n) is 13.8. The van der Waals surface area contributed by atoms with E-state index in [0.717, 1.165) is 32.1 Å². The van der Waals surface area contributed by atoms with Crippen LogP contribution in [0.1, 0.15) is 110 Å². The molecule has 268 valence electrons. The van der Waals surface area contributed by atoms with E-state index in [2.05, 4.69) is 34.6 Å². The summed E-state index contributed by atoms with van der Waals surface area (Å²) in [5, 5.41) is 34.1. The van der Waals surface area contributed by atoms with Crippen molar-refractivity contribution in [3.05, 3.63) is 24.2 Å². The van der Waals surface area contributed by atoms with Gasteiger partial charge in [0.15, 0.2) is 12.1 Å². The van der Waals surface area contributed by atoms with Crippen LogP contribution in [0.15, 0.2) is 22.8 Å². The van der Waals surface area contributed by atoms with Crippen molar-refractivity contribution in [3.63, 3.8) is 0 Å². The zero-order chi connectivity index (χ0) is 34.2. The first-order valence-corrected chi connectivity index (χ1v) is 18.8. The number of amides is 1. The summed E-state index contributed by atoms with van der Waals surface area (Å²) < 4.78 is 24.9. The Kier molecular flexibility index (Phi) is 7.55. The highest BCUT2D eigenvalue weighted by atomic mass is 16.7. The van der Waals surface area contributed by atoms with E-state index >= 15 is 0 Å². The van der Waals surface area contributed by atoms with Gasteiger partial charge in [0, 0.05) is 12.0 Å². The quantitative estimate of drug-likeness (QED) is 0.381. The van der Waals surface area contributed by atoms with Gasteiger partial charge in [-0.05, 0) is 123 Å². The van der Waals surface area contributed by atoms with Gasteiger partial charge in [-0.15, -0.1) is 0 Å². The van der Waals surface area contributed by atoms with Crippen molar-refractivity contribution in [2.75, 3.05) is 19.7 Å². The summed E-state index contributed by atoms with van der Waals surface area (Å²) in [4.78, 5) is 14.8. The molecule has 0 aromatic carbocycles. The minimum absolute atomic E-state index is 0.0451. The smallest absolute Gasteiger partial charge is 0.289 e. The van der Waals surface area contributed by atoms with E-state index in [4.69, 9.17) is 18.6 Å². The van der Waals surface area contributed by atoms with E-state index in [1.807, 2.05) is 0 Å². The van der Waals surface area contributed by atoms with Gasteiger partial charge in [0.2, 0.25) is 0 Å². The van der Waals surface area contributed by atoms with Crippen molar-refractivity contribution >= 4 is 5.91 Å². The number of furan rings is 1. The maximum atomic E-state index is 13.0. The number of aliphatic hydroxyl groups is 3. The van der Waals surface area contributed by atoms with Gasteiger partial charge in [-0.3, -0.25) is 4.79 Å². The van der Waals surface area contributed by atoms with Gasteiger partial charge in [-0.2, -0.15) is 0 Å². The summed E-state index contributed by atoms with van der Waals surface area (Å²) in [5.41, 5.74) is -1.16. The minimum atomic E-state index is -1.26. The molecule has 8 rings (SSSR count). The van der Waals surface area contributed by atoms with Gasteiger partial charge in [0.25, 0.3) is 5.91 Å². The fourth-order valence-corrected chi connectivity index (χ4v) is 13.8. The highest BCUT2D eigenvalue weighted by molar-refractivity contribution is 5.91. The first-order valence-electron chi connectivity index (χ1n) is 18.8. The monoisotopic (exact) mass is 669 g/mol. The second-order valence-electron chi connectivity index (χ2n) is 18.8. The number of ether oxygens (including phenoxy) is 3. The molecule has 1 amide bonds. The molecule has 48 heavy (non-hydrogen) atoms. The normalized spacial score (nSPS) is 50.0. The third-order valence-electron chi connectivity index (χ3n) is 16.2. The van der Waals surface area contributed by atoms with E-state index in [9.17, 15) is 20.1 Å². The Bertz CT molecular complexity index is 1410. The van der Waals surface area contributed by atoms with E-state index in [1.54, 1.807) is 30.9 Å². The van der Waals surface area contributed by atoms with Crippen molar-refractivity contribution < 1.29 is 38.7 Å². The Hall–Kier alpha value is -1.49. The van der Waals surface area contributed by atoms with Crippen LogP contribution in [0.2, 0.25) is 0 Å². The van der Waals surface area contributed by atoms with Gasteiger partial charge in [0.05, 0.1) is 49.4 Å². The Balaban J connectivity index is 1.01. The van der Waals surface area contributed by atoms with Gasteiger partial charge in [-0.1, -0.05) is 34.6 Å². The van der Waals surface area contributed by atoms with Crippen LogP contribution in [0.5, 0.6) is 0 Å². The molecule has 2 spiro atoms. The van der Waals surface area contributed by atoms with Crippen LogP contribution >= 0.6 is 0 Å². The lowest BCUT2D eigenvalue weighted by molar-refractivity contribution is -0.245. The zero-order valence-electron chi connectivity index (χ0n) is 30.1. The summed E-state index contributed by atoms with van der Waals surface area (Å²) in [5.74, 6) is 1.69. The molecule has 1 aromatic rings. The van der Waals surface area contributed by atoms with Crippen LogP contribution in [0.4, 0.5) is 0 Å². The molecule has 1 aromatic heterocycles. The Labute approximate surface area is 286 Å². The lowest BCUT2D eigenvalue weighted by Gasteiger charge is -2.64. The Morgan fingerprint density at radius 3 is 2.52 bits per heavy atom. The largest absolute Gasteiger partial charge is 0.459 e. The molecule has 3 N–H and O–H groups in total. The number of carbonyl (C=O) groups is 1. The molecule has 3 heterocycles. The Morgan fingerprint density at radius 2 is 1.81 bits per heavy atom. The molecule has 0 radical (unpaired) electrons. The van der Waals surface area contributed by atoms with Crippen LogP contribution in [0.3, 0.4) is 0 Å². The topological polar surface area (TPSA) is 122 Å². The fraction of sp³-hybridized carbons (Fsp3) is 0.872. The van der Waals surface area contributed by atoms with Crippen LogP contribution in [-0.4, -0.2) is 88.2 Å². The number of morpholine rings is 1. The molecule has 5 aliphatic carbocycles. The van der Waals surface area contributed by atoms with Gasteiger partial charge >= 0.3 is 0 Å². The summed E-state index contributed by atoms with van der Waals surface area (Å²) in [7, 11) is 0. The van der Waals surface area contributed by atoms with Crippen molar-refractivity contribution in [3.8, 4) is 0 Å². The molecule has 9 heteroatoms. The SMILES string of the molecule is C[C@@H]1CC(C(O)C(C)(C)O)OC2[C@H]1C1(C)CCC34CC35CCC(O[C@H]3CN(C(=O)c6ccco6)CCO3)C(C)(C)[C@@H]5CCC4[C@]1(C)[C@H]2O. The van der Waals surface area contributed by atoms with Crippen molar-refractivity contribution in [2.45, 2.75) is 142 Å². The molecule has 7 aliphatic rings. The standard InChI is InChI=1S/C39H59NO8/c1-22-19-24(31(41)35(4,5)44)47-30-29(22)36(6)14-15-39-21-38(39)13-12-27(34(2,3)25(38)10-11-26(39)37(36,7)32(30)42)48-28-20-40(16-18-46-28)33(43)23-9-8-17-45-23/h8-9,17,22,24-32,41-42,44H,10-16,18-21H2,1-7H3/t22-,24?,25+,26?,27?,28+,29+,30?,31?,32+,36?,37-,38?,39?/m1/s1. The molecule has 0 bridgehead atoms. The summed E-state index contributed by atoms with van der Waals surface area (Å²) in [6.45, 7) is 16.6. The predicted molar refractivity (Wildman–Crippen MR) is 178 cm³/mol. The zero-order valence-corrected chi connectivity index (χ0v) is 30.1. The van der Waals surface area contributed by atoms with Crippen LogP contribution in [-0.2, 0) is 14.2 Å². The maximum absolute atomic E-state index is 13.0. The third-order valence-corrected chi connectivity index (χ3v) is 16.2. The average molecular weight is 670 g/mol. The molecular formula is C39H59NO8. The molecule has 9 nitrogen and oxygen atoms in total. The highest BCUT2D eigenvalue weighted by Crippen LogP contribution is 2.89. The van der Waals surface area contributed by atoms with Crippen LogP contribution in [0.25, 0.3) is 0 Å². The van der Waals surface area contributed by atoms with E-state index in [0.29, 0.717) is 43.7 Å². The van der Waals surface area contributed by atoms with Gasteiger partial charge in [0.1, 0.15) is 6.10 Å².